The zero-order valence-corrected chi connectivity index (χ0v) is 4.77. The fraction of sp³-hybridized carbons (Fsp3) is 0.333. The maximum absolute atomic E-state index is 10.0. The van der Waals surface area contributed by atoms with Crippen LogP contribution in [0.5, 0.6) is 0 Å². The van der Waals surface area contributed by atoms with E-state index in [0.717, 1.165) is 0 Å². The molecular weight excluding hydrogens is 122 g/mol. The molecule has 0 aliphatic carbocycles. The second-order valence-electron chi connectivity index (χ2n) is 1.44. The Labute approximate surface area is 50.9 Å². The highest BCUT2D eigenvalue weighted by Gasteiger charge is 1.99. The van der Waals surface area contributed by atoms with Crippen molar-refractivity contribution >= 4 is 12.4 Å². The minimum absolute atomic E-state index is 0.338. The Balaban J connectivity index is 2.76. The number of nitrogens with zero attached hydrogens (tertiary/aromatic N) is 4. The number of aromatic amines is 1. The number of aromatic nitrogens is 4. The summed E-state index contributed by atoms with van der Waals surface area (Å²) in [6, 6.07) is 0. The van der Waals surface area contributed by atoms with Crippen molar-refractivity contribution in [3.8, 4) is 0 Å². The Kier molecular flexibility index (Phi) is 1.39. The van der Waals surface area contributed by atoms with Crippen molar-refractivity contribution in [1.29, 1.82) is 0 Å². The van der Waals surface area contributed by atoms with Crippen molar-refractivity contribution in [3.05, 3.63) is 0 Å². The van der Waals surface area contributed by atoms with Gasteiger partial charge in [-0.2, -0.15) is 0 Å². The number of hydrogen-bond donors (Lipinski definition) is 1. The summed E-state index contributed by atoms with van der Waals surface area (Å²) in [6.07, 6.45) is 0.613. The number of amides is 1. The molecule has 0 bridgehead atoms. The second kappa shape index (κ2) is 2.21. The van der Waals surface area contributed by atoms with E-state index in [2.05, 4.69) is 20.6 Å². The Morgan fingerprint density at radius 2 is 2.56 bits per heavy atom. The number of H-pyrrole nitrogens is 1. The lowest BCUT2D eigenvalue weighted by atomic mass is 10.8. The topological polar surface area (TPSA) is 74.8 Å². The summed E-state index contributed by atoms with van der Waals surface area (Å²) in [5.74, 6) is 0.338. The van der Waals surface area contributed by atoms with Crippen LogP contribution in [-0.4, -0.2) is 34.1 Å². The van der Waals surface area contributed by atoms with Crippen molar-refractivity contribution in [3.63, 3.8) is 0 Å². The SMILES string of the molecule is CN(C=O)c1nnn[nH]1. The van der Waals surface area contributed by atoms with Crippen molar-refractivity contribution in [2.45, 2.75) is 0 Å². The Morgan fingerprint density at radius 3 is 3.00 bits per heavy atom. The van der Waals surface area contributed by atoms with Crippen LogP contribution in [-0.2, 0) is 4.79 Å². The van der Waals surface area contributed by atoms with Crippen LogP contribution in [0.2, 0.25) is 0 Å². The third-order valence-corrected chi connectivity index (χ3v) is 0.826. The molecular formula is C3H5N5O. The van der Waals surface area contributed by atoms with Crippen LogP contribution in [0.1, 0.15) is 0 Å². The lowest BCUT2D eigenvalue weighted by molar-refractivity contribution is -0.107. The number of anilines is 1. The van der Waals surface area contributed by atoms with Gasteiger partial charge in [-0.05, 0) is 10.4 Å². The lowest BCUT2D eigenvalue weighted by Crippen LogP contribution is -2.15. The molecule has 0 saturated carbocycles. The summed E-state index contributed by atoms with van der Waals surface area (Å²) in [4.78, 5) is 11.2. The number of carbonyl (C=O) groups excluding carboxylic acids is 1. The highest BCUT2D eigenvalue weighted by molar-refractivity contribution is 5.69. The number of tetrazole rings is 1. The predicted molar refractivity (Wildman–Crippen MR) is 28.6 cm³/mol. The van der Waals surface area contributed by atoms with E-state index >= 15 is 0 Å². The van der Waals surface area contributed by atoms with Gasteiger partial charge in [0, 0.05) is 7.05 Å². The lowest BCUT2D eigenvalue weighted by Gasteiger charge is -2.00. The minimum Gasteiger partial charge on any atom is -0.285 e. The third kappa shape index (κ3) is 1.01. The first-order chi connectivity index (χ1) is 4.34. The molecule has 48 valence electrons. The summed E-state index contributed by atoms with van der Waals surface area (Å²) >= 11 is 0. The quantitative estimate of drug-likeness (QED) is 0.506. The number of rotatable bonds is 2. The molecule has 1 aromatic rings. The first-order valence-corrected chi connectivity index (χ1v) is 2.26. The van der Waals surface area contributed by atoms with Crippen molar-refractivity contribution < 1.29 is 4.79 Å². The molecule has 0 atom stereocenters. The Hall–Kier alpha value is -1.46. The van der Waals surface area contributed by atoms with Gasteiger partial charge in [-0.3, -0.25) is 9.69 Å². The maximum atomic E-state index is 10.0. The minimum atomic E-state index is 0.338. The fourth-order valence-electron chi connectivity index (χ4n) is 0.353. The number of nitrogens with one attached hydrogen (secondary N) is 1. The van der Waals surface area contributed by atoms with Crippen LogP contribution in [0.4, 0.5) is 5.95 Å². The molecule has 9 heavy (non-hydrogen) atoms. The van der Waals surface area contributed by atoms with E-state index in [9.17, 15) is 4.79 Å². The average molecular weight is 127 g/mol. The molecule has 1 amide bonds. The molecule has 0 aliphatic rings. The van der Waals surface area contributed by atoms with E-state index in [0.29, 0.717) is 12.4 Å². The molecule has 1 heterocycles. The van der Waals surface area contributed by atoms with Gasteiger partial charge in [0.05, 0.1) is 0 Å². The van der Waals surface area contributed by atoms with Gasteiger partial charge in [-0.15, -0.1) is 0 Å². The first kappa shape index (κ1) is 5.67. The molecule has 6 nitrogen and oxygen atoms in total. The van der Waals surface area contributed by atoms with Gasteiger partial charge in [-0.1, -0.05) is 5.10 Å². The number of hydrogen-bond acceptors (Lipinski definition) is 4. The molecule has 0 radical (unpaired) electrons. The fourth-order valence-corrected chi connectivity index (χ4v) is 0.353. The van der Waals surface area contributed by atoms with Crippen LogP contribution >= 0.6 is 0 Å². The van der Waals surface area contributed by atoms with Gasteiger partial charge >= 0.3 is 0 Å². The molecule has 0 unspecified atom stereocenters. The zero-order valence-electron chi connectivity index (χ0n) is 4.77. The normalized spacial score (nSPS) is 9.00. The van der Waals surface area contributed by atoms with Crippen LogP contribution in [0.15, 0.2) is 0 Å². The summed E-state index contributed by atoms with van der Waals surface area (Å²) in [5.41, 5.74) is 0. The standard InChI is InChI=1S/C3H5N5O/c1-8(2-9)3-4-6-7-5-3/h2H,1H3,(H,4,5,6,7). The van der Waals surface area contributed by atoms with E-state index in [1.54, 1.807) is 7.05 Å². The Bertz CT molecular complexity index is 182. The number of carbonyl (C=O) groups is 1. The predicted octanol–water partition coefficient (Wildman–Crippen LogP) is -1.21. The molecule has 0 aromatic carbocycles. The first-order valence-electron chi connectivity index (χ1n) is 2.26. The molecule has 1 aromatic heterocycles. The van der Waals surface area contributed by atoms with E-state index in [1.807, 2.05) is 0 Å². The maximum Gasteiger partial charge on any atom is 0.249 e. The molecule has 6 heteroatoms. The van der Waals surface area contributed by atoms with E-state index in [-0.39, 0.29) is 0 Å². The summed E-state index contributed by atoms with van der Waals surface area (Å²) in [5, 5.41) is 12.4. The molecule has 0 aliphatic heterocycles. The average Bonchev–Trinajstić information content (AvgIpc) is 2.37. The monoisotopic (exact) mass is 127 g/mol. The summed E-state index contributed by atoms with van der Waals surface area (Å²) in [7, 11) is 1.55. The molecule has 0 fully saturated rings. The zero-order chi connectivity index (χ0) is 6.69. The van der Waals surface area contributed by atoms with Crippen molar-refractivity contribution in [2.24, 2.45) is 0 Å². The van der Waals surface area contributed by atoms with Crippen molar-refractivity contribution in [1.82, 2.24) is 20.6 Å². The van der Waals surface area contributed by atoms with Gasteiger partial charge in [0.1, 0.15) is 0 Å². The third-order valence-electron chi connectivity index (χ3n) is 0.826. The molecule has 0 saturated heterocycles. The van der Waals surface area contributed by atoms with Gasteiger partial charge in [-0.25, -0.2) is 5.10 Å². The highest BCUT2D eigenvalue weighted by atomic mass is 16.1. The van der Waals surface area contributed by atoms with Gasteiger partial charge in [0.2, 0.25) is 12.4 Å². The van der Waals surface area contributed by atoms with Crippen LogP contribution < -0.4 is 4.90 Å². The van der Waals surface area contributed by atoms with E-state index in [4.69, 9.17) is 0 Å². The van der Waals surface area contributed by atoms with Crippen LogP contribution in [0.3, 0.4) is 0 Å². The smallest absolute Gasteiger partial charge is 0.249 e. The molecule has 1 rings (SSSR count). The molecule has 0 spiro atoms. The molecule has 1 N–H and O–H groups in total. The van der Waals surface area contributed by atoms with Gasteiger partial charge in [0.25, 0.3) is 0 Å². The Morgan fingerprint density at radius 1 is 1.78 bits per heavy atom. The van der Waals surface area contributed by atoms with Crippen LogP contribution in [0, 0.1) is 0 Å². The second-order valence-corrected chi connectivity index (χ2v) is 1.44. The van der Waals surface area contributed by atoms with E-state index in [1.165, 1.54) is 4.90 Å². The summed E-state index contributed by atoms with van der Waals surface area (Å²) < 4.78 is 0. The largest absolute Gasteiger partial charge is 0.285 e. The summed E-state index contributed by atoms with van der Waals surface area (Å²) in [6.45, 7) is 0. The van der Waals surface area contributed by atoms with Crippen LogP contribution in [0.25, 0.3) is 0 Å². The van der Waals surface area contributed by atoms with E-state index < -0.39 is 0 Å². The van der Waals surface area contributed by atoms with Crippen molar-refractivity contribution in [2.75, 3.05) is 11.9 Å². The van der Waals surface area contributed by atoms with Gasteiger partial charge in [0.15, 0.2) is 0 Å². The highest BCUT2D eigenvalue weighted by Crippen LogP contribution is 1.93. The van der Waals surface area contributed by atoms with Gasteiger partial charge < -0.3 is 0 Å².